The number of sulfone groups is 1. The molecule has 33 heavy (non-hydrogen) atoms. The summed E-state index contributed by atoms with van der Waals surface area (Å²) >= 11 is 5.80. The fourth-order valence-electron chi connectivity index (χ4n) is 2.99. The van der Waals surface area contributed by atoms with Crippen LogP contribution >= 0.6 is 11.6 Å². The third-order valence-electron chi connectivity index (χ3n) is 4.52. The minimum atomic E-state index is -3.65. The van der Waals surface area contributed by atoms with Gasteiger partial charge in [-0.05, 0) is 48.5 Å². The summed E-state index contributed by atoms with van der Waals surface area (Å²) in [6.07, 6.45) is -1.66. The lowest BCUT2D eigenvalue weighted by Gasteiger charge is -2.27. The fourth-order valence-corrected chi connectivity index (χ4v) is 3.88. The second-order valence-electron chi connectivity index (χ2n) is 7.25. The van der Waals surface area contributed by atoms with Gasteiger partial charge >= 0.3 is 6.09 Å². The Labute approximate surface area is 195 Å². The third-order valence-corrected chi connectivity index (χ3v) is 5.68. The lowest BCUT2D eigenvalue weighted by atomic mass is 10.2. The molecule has 0 radical (unpaired) electrons. The zero-order valence-electron chi connectivity index (χ0n) is 17.6. The van der Waals surface area contributed by atoms with E-state index < -0.39 is 33.7 Å². The number of amides is 3. The van der Waals surface area contributed by atoms with Crippen molar-refractivity contribution in [2.24, 2.45) is 0 Å². The number of benzene rings is 2. The molecular formula is C21H22ClN3O7S. The molecule has 3 rings (SSSR count). The molecule has 3 amide bonds. The molecule has 0 spiro atoms. The summed E-state index contributed by atoms with van der Waals surface area (Å²) in [5.41, 5.74) is 1.33. The van der Waals surface area contributed by atoms with Crippen molar-refractivity contribution in [2.45, 2.75) is 6.10 Å². The number of hydrogen-bond acceptors (Lipinski definition) is 7. The Morgan fingerprint density at radius 2 is 1.70 bits per heavy atom. The number of halogens is 1. The Morgan fingerprint density at radius 3 is 2.30 bits per heavy atom. The SMILES string of the molecule is CS(=O)(=O)CC(OC(=O)Nc1ccc(Cl)cc1)C(=O)Nc1ccc(N2CCOCC2=O)cc1. The average Bonchev–Trinajstić information content (AvgIpc) is 2.75. The van der Waals surface area contributed by atoms with Crippen LogP contribution in [0.5, 0.6) is 0 Å². The van der Waals surface area contributed by atoms with Crippen molar-refractivity contribution in [1.29, 1.82) is 0 Å². The van der Waals surface area contributed by atoms with E-state index in [1.807, 2.05) is 0 Å². The highest BCUT2D eigenvalue weighted by molar-refractivity contribution is 7.90. The lowest BCUT2D eigenvalue weighted by molar-refractivity contribution is -0.125. The van der Waals surface area contributed by atoms with Crippen LogP contribution in [0.25, 0.3) is 0 Å². The topological polar surface area (TPSA) is 131 Å². The van der Waals surface area contributed by atoms with E-state index >= 15 is 0 Å². The van der Waals surface area contributed by atoms with Gasteiger partial charge in [-0.25, -0.2) is 13.2 Å². The van der Waals surface area contributed by atoms with Crippen LogP contribution in [0.3, 0.4) is 0 Å². The highest BCUT2D eigenvalue weighted by Crippen LogP contribution is 2.20. The number of carbonyl (C=O) groups is 3. The van der Waals surface area contributed by atoms with Gasteiger partial charge in [-0.2, -0.15) is 0 Å². The van der Waals surface area contributed by atoms with E-state index in [0.29, 0.717) is 35.2 Å². The van der Waals surface area contributed by atoms with Gasteiger partial charge in [0.2, 0.25) is 0 Å². The highest BCUT2D eigenvalue weighted by atomic mass is 35.5. The van der Waals surface area contributed by atoms with Gasteiger partial charge in [-0.3, -0.25) is 14.9 Å². The predicted molar refractivity (Wildman–Crippen MR) is 123 cm³/mol. The second-order valence-corrected chi connectivity index (χ2v) is 9.87. The van der Waals surface area contributed by atoms with Crippen LogP contribution in [-0.2, 0) is 28.9 Å². The summed E-state index contributed by atoms with van der Waals surface area (Å²) in [6, 6.07) is 12.5. The molecule has 10 nitrogen and oxygen atoms in total. The number of nitrogens with zero attached hydrogens (tertiary/aromatic N) is 1. The molecule has 1 fully saturated rings. The van der Waals surface area contributed by atoms with Gasteiger partial charge in [0.15, 0.2) is 15.9 Å². The van der Waals surface area contributed by atoms with Crippen molar-refractivity contribution in [3.8, 4) is 0 Å². The van der Waals surface area contributed by atoms with Crippen LogP contribution in [-0.4, -0.2) is 64.2 Å². The molecule has 176 valence electrons. The zero-order valence-corrected chi connectivity index (χ0v) is 19.2. The molecule has 0 aromatic heterocycles. The Kier molecular flexibility index (Phi) is 7.90. The minimum Gasteiger partial charge on any atom is -0.435 e. The number of hydrogen-bond donors (Lipinski definition) is 2. The van der Waals surface area contributed by atoms with Gasteiger partial charge in [0, 0.05) is 34.9 Å². The lowest BCUT2D eigenvalue weighted by Crippen LogP contribution is -2.41. The molecule has 1 heterocycles. The highest BCUT2D eigenvalue weighted by Gasteiger charge is 2.28. The summed E-state index contributed by atoms with van der Waals surface area (Å²) in [7, 11) is -3.65. The maximum absolute atomic E-state index is 12.7. The summed E-state index contributed by atoms with van der Waals surface area (Å²) in [6.45, 7) is 0.839. The van der Waals surface area contributed by atoms with Crippen molar-refractivity contribution in [3.05, 3.63) is 53.6 Å². The fraction of sp³-hybridized carbons (Fsp3) is 0.286. The van der Waals surface area contributed by atoms with E-state index in [0.717, 1.165) is 6.26 Å². The van der Waals surface area contributed by atoms with Crippen molar-refractivity contribution in [1.82, 2.24) is 0 Å². The number of morpholine rings is 1. The number of carbonyl (C=O) groups excluding carboxylic acids is 3. The molecule has 1 unspecified atom stereocenters. The number of rotatable bonds is 7. The summed E-state index contributed by atoms with van der Waals surface area (Å²) in [4.78, 5) is 38.4. The third kappa shape index (κ3) is 7.45. The molecule has 1 aliphatic heterocycles. The van der Waals surface area contributed by atoms with Crippen molar-refractivity contribution in [3.63, 3.8) is 0 Å². The van der Waals surface area contributed by atoms with Crippen LogP contribution < -0.4 is 15.5 Å². The van der Waals surface area contributed by atoms with Crippen molar-refractivity contribution >= 4 is 56.4 Å². The van der Waals surface area contributed by atoms with Crippen molar-refractivity contribution in [2.75, 3.05) is 47.3 Å². The molecule has 1 saturated heterocycles. The van der Waals surface area contributed by atoms with Crippen LogP contribution in [0.4, 0.5) is 21.9 Å². The molecular weight excluding hydrogens is 474 g/mol. The monoisotopic (exact) mass is 495 g/mol. The van der Waals surface area contributed by atoms with E-state index in [4.69, 9.17) is 21.1 Å². The van der Waals surface area contributed by atoms with Gasteiger partial charge in [0.05, 0.1) is 12.4 Å². The Bertz CT molecular complexity index is 1120. The van der Waals surface area contributed by atoms with Crippen LogP contribution in [0, 0.1) is 0 Å². The largest absolute Gasteiger partial charge is 0.435 e. The molecule has 0 bridgehead atoms. The van der Waals surface area contributed by atoms with Gasteiger partial charge in [-0.1, -0.05) is 11.6 Å². The number of nitrogens with one attached hydrogen (secondary N) is 2. The smallest absolute Gasteiger partial charge is 0.412 e. The minimum absolute atomic E-state index is 0.00107. The number of ether oxygens (including phenoxy) is 2. The normalized spacial score (nSPS) is 15.0. The van der Waals surface area contributed by atoms with E-state index in [-0.39, 0.29) is 12.5 Å². The first kappa shape index (κ1) is 24.5. The second kappa shape index (κ2) is 10.6. The first-order valence-electron chi connectivity index (χ1n) is 9.81. The standard InChI is InChI=1S/C21H22ClN3O7S/c1-33(29,30)13-18(32-21(28)24-16-4-2-14(22)3-5-16)20(27)23-15-6-8-17(9-7-15)25-10-11-31-12-19(25)26/h2-9,18H,10-13H2,1H3,(H,23,27)(H,24,28). The molecule has 2 aromatic carbocycles. The number of anilines is 3. The zero-order chi connectivity index (χ0) is 24.0. The maximum atomic E-state index is 12.7. The first-order valence-corrected chi connectivity index (χ1v) is 12.2. The van der Waals surface area contributed by atoms with Crippen LogP contribution in [0.1, 0.15) is 0 Å². The van der Waals surface area contributed by atoms with Gasteiger partial charge in [0.1, 0.15) is 6.61 Å². The van der Waals surface area contributed by atoms with E-state index in [1.54, 1.807) is 41.3 Å². The molecule has 1 atom stereocenters. The Balaban J connectivity index is 1.66. The Morgan fingerprint density at radius 1 is 1.09 bits per heavy atom. The van der Waals surface area contributed by atoms with Crippen LogP contribution in [0.15, 0.2) is 48.5 Å². The van der Waals surface area contributed by atoms with Gasteiger partial charge < -0.3 is 19.7 Å². The van der Waals surface area contributed by atoms with Gasteiger partial charge in [0.25, 0.3) is 11.8 Å². The van der Waals surface area contributed by atoms with Gasteiger partial charge in [-0.15, -0.1) is 0 Å². The van der Waals surface area contributed by atoms with Crippen LogP contribution in [0.2, 0.25) is 5.02 Å². The molecule has 2 aromatic rings. The summed E-state index contributed by atoms with van der Waals surface area (Å²) in [5, 5.41) is 5.40. The quantitative estimate of drug-likeness (QED) is 0.602. The van der Waals surface area contributed by atoms with Crippen molar-refractivity contribution < 1.29 is 32.3 Å². The molecule has 0 aliphatic carbocycles. The molecule has 1 aliphatic rings. The molecule has 12 heteroatoms. The van der Waals surface area contributed by atoms with E-state index in [2.05, 4.69) is 10.6 Å². The van der Waals surface area contributed by atoms with E-state index in [9.17, 15) is 22.8 Å². The Hall–Kier alpha value is -3.15. The maximum Gasteiger partial charge on any atom is 0.412 e. The molecule has 2 N–H and O–H groups in total. The summed E-state index contributed by atoms with van der Waals surface area (Å²) < 4.78 is 33.7. The average molecular weight is 496 g/mol. The molecule has 0 saturated carbocycles. The summed E-state index contributed by atoms with van der Waals surface area (Å²) in [5.74, 6) is -1.69. The van der Waals surface area contributed by atoms with E-state index in [1.165, 1.54) is 12.1 Å². The predicted octanol–water partition coefficient (Wildman–Crippen LogP) is 2.30. The first-order chi connectivity index (χ1) is 15.6.